The molecule has 0 aliphatic rings. The van der Waals surface area contributed by atoms with Crippen molar-refractivity contribution in [1.82, 2.24) is 4.98 Å². The first-order valence-electron chi connectivity index (χ1n) is 4.30. The molecular weight excluding hydrogens is 249 g/mol. The Morgan fingerprint density at radius 2 is 2.00 bits per heavy atom. The van der Waals surface area contributed by atoms with E-state index in [1.54, 1.807) is 0 Å². The lowest BCUT2D eigenvalue weighted by atomic mass is 10.2. The van der Waals surface area contributed by atoms with Crippen LogP contribution >= 0.6 is 0 Å². The largest absolute Gasteiger partial charge is 0.472 e. The summed E-state index contributed by atoms with van der Waals surface area (Å²) in [6, 6.07) is 1.15. The molecule has 0 bridgehead atoms. The molecule has 17 heavy (non-hydrogen) atoms. The Balaban J connectivity index is 2.97. The van der Waals surface area contributed by atoms with Crippen LogP contribution < -0.4 is 16.0 Å². The summed E-state index contributed by atoms with van der Waals surface area (Å²) in [7, 11) is 0. The first-order chi connectivity index (χ1) is 7.82. The van der Waals surface area contributed by atoms with Crippen LogP contribution in [0.5, 0.6) is 5.88 Å². The van der Waals surface area contributed by atoms with Crippen LogP contribution in [0.4, 0.5) is 27.8 Å². The Morgan fingerprint density at radius 3 is 2.47 bits per heavy atom. The lowest BCUT2D eigenvalue weighted by Crippen LogP contribution is -2.14. The van der Waals surface area contributed by atoms with E-state index in [1.807, 2.05) is 5.43 Å². The topological polar surface area (TPSA) is 60.2 Å². The van der Waals surface area contributed by atoms with Gasteiger partial charge in [0.2, 0.25) is 5.88 Å². The average Bonchev–Trinajstić information content (AvgIpc) is 2.24. The summed E-state index contributed by atoms with van der Waals surface area (Å²) in [6.07, 6.45) is -7.45. The van der Waals surface area contributed by atoms with Gasteiger partial charge in [0.25, 0.3) is 6.43 Å². The molecule has 1 aromatic rings. The first-order valence-corrected chi connectivity index (χ1v) is 4.30. The number of alkyl halides is 5. The molecule has 0 spiro atoms. The van der Waals surface area contributed by atoms with Gasteiger partial charge < -0.3 is 10.2 Å². The van der Waals surface area contributed by atoms with Crippen molar-refractivity contribution in [3.63, 3.8) is 0 Å². The monoisotopic (exact) mass is 257 g/mol. The highest BCUT2D eigenvalue weighted by molar-refractivity contribution is 5.41. The average molecular weight is 257 g/mol. The molecule has 0 radical (unpaired) electrons. The zero-order valence-corrected chi connectivity index (χ0v) is 8.26. The normalized spacial score (nSPS) is 11.7. The number of nitrogens with two attached hydrogens (primary N) is 1. The van der Waals surface area contributed by atoms with Gasteiger partial charge in [0.15, 0.2) is 6.61 Å². The molecule has 1 aromatic heterocycles. The SMILES string of the molecule is NNc1cc(C(F)(F)F)cc(OCC(F)F)n1. The highest BCUT2D eigenvalue weighted by atomic mass is 19.4. The lowest BCUT2D eigenvalue weighted by molar-refractivity contribution is -0.137. The van der Waals surface area contributed by atoms with Crippen LogP contribution in [0.25, 0.3) is 0 Å². The Kier molecular flexibility index (Phi) is 4.05. The van der Waals surface area contributed by atoms with Crippen molar-refractivity contribution in [3.8, 4) is 5.88 Å². The standard InChI is InChI=1S/C8H8F5N3O/c9-5(10)3-17-7-2-4(8(11,12)13)1-6(15-7)16-14/h1-2,5H,3,14H2,(H,15,16). The highest BCUT2D eigenvalue weighted by Gasteiger charge is 2.32. The van der Waals surface area contributed by atoms with Gasteiger partial charge >= 0.3 is 6.18 Å². The quantitative estimate of drug-likeness (QED) is 0.492. The van der Waals surface area contributed by atoms with Gasteiger partial charge in [-0.15, -0.1) is 0 Å². The Hall–Kier alpha value is -1.64. The Bertz CT molecular complexity index is 382. The van der Waals surface area contributed by atoms with Crippen molar-refractivity contribution >= 4 is 5.82 Å². The third kappa shape index (κ3) is 4.02. The third-order valence-electron chi connectivity index (χ3n) is 1.63. The summed E-state index contributed by atoms with van der Waals surface area (Å²) in [5.74, 6) is 4.00. The third-order valence-corrected chi connectivity index (χ3v) is 1.63. The number of ether oxygens (including phenoxy) is 1. The minimum absolute atomic E-state index is 0.330. The number of hydrogen-bond acceptors (Lipinski definition) is 4. The lowest BCUT2D eigenvalue weighted by Gasteiger charge is -2.11. The summed E-state index contributed by atoms with van der Waals surface area (Å²) in [4.78, 5) is 3.45. The summed E-state index contributed by atoms with van der Waals surface area (Å²) >= 11 is 0. The van der Waals surface area contributed by atoms with Crippen molar-refractivity contribution < 1.29 is 26.7 Å². The van der Waals surface area contributed by atoms with E-state index in [4.69, 9.17) is 5.84 Å². The molecule has 4 nitrogen and oxygen atoms in total. The van der Waals surface area contributed by atoms with Gasteiger partial charge in [0, 0.05) is 6.07 Å². The maximum atomic E-state index is 12.4. The molecule has 0 atom stereocenters. The molecule has 9 heteroatoms. The fourth-order valence-corrected chi connectivity index (χ4v) is 0.965. The molecule has 0 aliphatic carbocycles. The fraction of sp³-hybridized carbons (Fsp3) is 0.375. The van der Waals surface area contributed by atoms with Gasteiger partial charge in [-0.05, 0) is 6.07 Å². The number of nitrogen functional groups attached to an aromatic ring is 1. The number of hydrogen-bond donors (Lipinski definition) is 2. The number of nitrogens with zero attached hydrogens (tertiary/aromatic N) is 1. The van der Waals surface area contributed by atoms with Crippen LogP contribution in [-0.2, 0) is 6.18 Å². The Morgan fingerprint density at radius 1 is 1.35 bits per heavy atom. The molecule has 96 valence electrons. The van der Waals surface area contributed by atoms with Gasteiger partial charge in [-0.3, -0.25) is 0 Å². The van der Waals surface area contributed by atoms with Crippen LogP contribution in [0, 0.1) is 0 Å². The van der Waals surface area contributed by atoms with E-state index in [0.29, 0.717) is 12.1 Å². The van der Waals surface area contributed by atoms with E-state index in [1.165, 1.54) is 0 Å². The molecule has 0 aromatic carbocycles. The molecule has 3 N–H and O–H groups in total. The van der Waals surface area contributed by atoms with E-state index in [-0.39, 0.29) is 5.82 Å². The molecule has 0 aliphatic heterocycles. The molecule has 1 rings (SSSR count). The number of anilines is 1. The van der Waals surface area contributed by atoms with Gasteiger partial charge in [-0.25, -0.2) is 14.6 Å². The summed E-state index contributed by atoms with van der Waals surface area (Å²) in [6.45, 7) is -1.04. The van der Waals surface area contributed by atoms with Gasteiger partial charge in [-0.1, -0.05) is 0 Å². The highest BCUT2D eigenvalue weighted by Crippen LogP contribution is 2.32. The second kappa shape index (κ2) is 5.13. The molecule has 0 fully saturated rings. The van der Waals surface area contributed by atoms with E-state index < -0.39 is 30.7 Å². The number of halogens is 5. The second-order valence-corrected chi connectivity index (χ2v) is 2.92. The van der Waals surface area contributed by atoms with Gasteiger partial charge in [0.1, 0.15) is 5.82 Å². The van der Waals surface area contributed by atoms with Crippen molar-refractivity contribution in [2.45, 2.75) is 12.6 Å². The molecule has 0 amide bonds. The van der Waals surface area contributed by atoms with Crippen LogP contribution in [-0.4, -0.2) is 18.0 Å². The first kappa shape index (κ1) is 13.4. The summed E-state index contributed by atoms with van der Waals surface area (Å²) < 4.78 is 65.2. The van der Waals surface area contributed by atoms with Crippen molar-refractivity contribution in [3.05, 3.63) is 17.7 Å². The van der Waals surface area contributed by atoms with Crippen molar-refractivity contribution in [2.75, 3.05) is 12.0 Å². The van der Waals surface area contributed by atoms with Gasteiger partial charge in [0.05, 0.1) is 5.56 Å². The Labute approximate surface area is 92.5 Å². The minimum atomic E-state index is -4.64. The predicted molar refractivity (Wildman–Crippen MR) is 48.5 cm³/mol. The van der Waals surface area contributed by atoms with E-state index >= 15 is 0 Å². The number of rotatable bonds is 4. The molecule has 0 saturated carbocycles. The molecule has 0 saturated heterocycles. The van der Waals surface area contributed by atoms with E-state index in [0.717, 1.165) is 0 Å². The number of hydrazine groups is 1. The smallest absolute Gasteiger partial charge is 0.416 e. The molecular formula is C8H8F5N3O. The number of nitrogens with one attached hydrogen (secondary N) is 1. The summed E-state index contributed by atoms with van der Waals surface area (Å²) in [5, 5.41) is 0. The van der Waals surface area contributed by atoms with E-state index in [9.17, 15) is 22.0 Å². The number of pyridine rings is 1. The number of aromatic nitrogens is 1. The zero-order chi connectivity index (χ0) is 13.1. The molecule has 1 heterocycles. The zero-order valence-electron chi connectivity index (χ0n) is 8.26. The van der Waals surface area contributed by atoms with E-state index in [2.05, 4.69) is 9.72 Å². The maximum Gasteiger partial charge on any atom is 0.416 e. The fourth-order valence-electron chi connectivity index (χ4n) is 0.965. The van der Waals surface area contributed by atoms with Crippen molar-refractivity contribution in [2.24, 2.45) is 5.84 Å². The van der Waals surface area contributed by atoms with Gasteiger partial charge in [-0.2, -0.15) is 18.2 Å². The maximum absolute atomic E-state index is 12.4. The summed E-state index contributed by atoms with van der Waals surface area (Å²) in [5.41, 5.74) is 0.796. The van der Waals surface area contributed by atoms with Crippen LogP contribution in [0.2, 0.25) is 0 Å². The van der Waals surface area contributed by atoms with Crippen molar-refractivity contribution in [1.29, 1.82) is 0 Å². The van der Waals surface area contributed by atoms with Crippen LogP contribution in [0.15, 0.2) is 12.1 Å². The van der Waals surface area contributed by atoms with Crippen LogP contribution in [0.1, 0.15) is 5.56 Å². The minimum Gasteiger partial charge on any atom is -0.472 e. The predicted octanol–water partition coefficient (Wildman–Crippen LogP) is 2.03. The second-order valence-electron chi connectivity index (χ2n) is 2.92. The van der Waals surface area contributed by atoms with Crippen LogP contribution in [0.3, 0.4) is 0 Å². The molecule has 0 unspecified atom stereocenters.